The molecule has 0 radical (unpaired) electrons. The fourth-order valence-corrected chi connectivity index (χ4v) is 3.91. The largest absolute Gasteiger partial charge is 0.341 e. The molecule has 0 aliphatic carbocycles. The van der Waals surface area contributed by atoms with Crippen LogP contribution in [0.25, 0.3) is 0 Å². The molecule has 0 spiro atoms. The maximum absolute atomic E-state index is 12.3. The lowest BCUT2D eigenvalue weighted by molar-refractivity contribution is -0.134. The standard InChI is InChI=1S/C14H21BrN2OS/c1-10(12-6-7-13(15)19-12)16-11(2)14(18)17-8-4-3-5-9-17/h6-7,10-11,16H,3-5,8-9H2,1-2H3. The molecular weight excluding hydrogens is 324 g/mol. The molecule has 0 saturated carbocycles. The van der Waals surface area contributed by atoms with Crippen LogP contribution in [0.4, 0.5) is 0 Å². The summed E-state index contributed by atoms with van der Waals surface area (Å²) in [5.41, 5.74) is 0. The quantitative estimate of drug-likeness (QED) is 0.905. The van der Waals surface area contributed by atoms with Crippen LogP contribution >= 0.6 is 27.3 Å². The molecule has 1 aromatic heterocycles. The lowest BCUT2D eigenvalue weighted by Crippen LogP contribution is -2.47. The van der Waals surface area contributed by atoms with E-state index in [9.17, 15) is 4.79 Å². The van der Waals surface area contributed by atoms with E-state index in [2.05, 4.69) is 40.3 Å². The maximum Gasteiger partial charge on any atom is 0.239 e. The lowest BCUT2D eigenvalue weighted by atomic mass is 10.1. The van der Waals surface area contributed by atoms with Gasteiger partial charge in [0.15, 0.2) is 0 Å². The van der Waals surface area contributed by atoms with E-state index in [1.165, 1.54) is 11.3 Å². The van der Waals surface area contributed by atoms with E-state index in [1.54, 1.807) is 11.3 Å². The van der Waals surface area contributed by atoms with Crippen molar-refractivity contribution in [3.8, 4) is 0 Å². The number of nitrogens with zero attached hydrogens (tertiary/aromatic N) is 1. The van der Waals surface area contributed by atoms with Gasteiger partial charge in [-0.2, -0.15) is 0 Å². The number of likely N-dealkylation sites (tertiary alicyclic amines) is 1. The van der Waals surface area contributed by atoms with Gasteiger partial charge in [0.05, 0.1) is 9.83 Å². The van der Waals surface area contributed by atoms with Crippen LogP contribution in [0.1, 0.15) is 44.0 Å². The first-order chi connectivity index (χ1) is 9.08. The van der Waals surface area contributed by atoms with Crippen LogP contribution in [0.15, 0.2) is 15.9 Å². The summed E-state index contributed by atoms with van der Waals surface area (Å²) >= 11 is 5.19. The van der Waals surface area contributed by atoms with Gasteiger partial charge in [-0.15, -0.1) is 11.3 Å². The minimum Gasteiger partial charge on any atom is -0.341 e. The molecule has 2 unspecified atom stereocenters. The Morgan fingerprint density at radius 1 is 1.32 bits per heavy atom. The molecule has 1 amide bonds. The van der Waals surface area contributed by atoms with Crippen LogP contribution in [0.5, 0.6) is 0 Å². The van der Waals surface area contributed by atoms with Crippen molar-refractivity contribution >= 4 is 33.2 Å². The second kappa shape index (κ2) is 6.86. The second-order valence-electron chi connectivity index (χ2n) is 5.14. The summed E-state index contributed by atoms with van der Waals surface area (Å²) in [6.07, 6.45) is 3.54. The van der Waals surface area contributed by atoms with Gasteiger partial charge in [0.25, 0.3) is 0 Å². The van der Waals surface area contributed by atoms with E-state index in [4.69, 9.17) is 0 Å². The number of thiophene rings is 1. The van der Waals surface area contributed by atoms with Gasteiger partial charge in [-0.25, -0.2) is 0 Å². The third-order valence-corrected chi connectivity index (χ3v) is 5.37. The monoisotopic (exact) mass is 344 g/mol. The Labute approximate surface area is 127 Å². The van der Waals surface area contributed by atoms with Crippen LogP contribution in [0.3, 0.4) is 0 Å². The molecule has 0 bridgehead atoms. The van der Waals surface area contributed by atoms with Crippen LogP contribution < -0.4 is 5.32 Å². The van der Waals surface area contributed by atoms with Crippen LogP contribution in [-0.2, 0) is 4.79 Å². The predicted molar refractivity (Wildman–Crippen MR) is 83.5 cm³/mol. The number of halogens is 1. The van der Waals surface area contributed by atoms with Crippen molar-refractivity contribution < 1.29 is 4.79 Å². The highest BCUT2D eigenvalue weighted by molar-refractivity contribution is 9.11. The molecule has 106 valence electrons. The summed E-state index contributed by atoms with van der Waals surface area (Å²) in [4.78, 5) is 15.6. The minimum atomic E-state index is -0.117. The molecule has 0 aromatic carbocycles. The van der Waals surface area contributed by atoms with Crippen molar-refractivity contribution in [1.82, 2.24) is 10.2 Å². The van der Waals surface area contributed by atoms with Crippen molar-refractivity contribution in [3.63, 3.8) is 0 Å². The highest BCUT2D eigenvalue weighted by atomic mass is 79.9. The fraction of sp³-hybridized carbons (Fsp3) is 0.643. The molecule has 1 aliphatic heterocycles. The molecule has 1 N–H and O–H groups in total. The number of amides is 1. The molecule has 2 rings (SSSR count). The van der Waals surface area contributed by atoms with Crippen LogP contribution in [0.2, 0.25) is 0 Å². The van der Waals surface area contributed by atoms with Gasteiger partial charge < -0.3 is 4.90 Å². The highest BCUT2D eigenvalue weighted by Gasteiger charge is 2.23. The van der Waals surface area contributed by atoms with Crippen molar-refractivity contribution in [1.29, 1.82) is 0 Å². The molecule has 2 atom stereocenters. The van der Waals surface area contributed by atoms with Gasteiger partial charge in [-0.1, -0.05) is 0 Å². The van der Waals surface area contributed by atoms with Gasteiger partial charge in [0, 0.05) is 24.0 Å². The Morgan fingerprint density at radius 3 is 2.58 bits per heavy atom. The molecule has 1 fully saturated rings. The first kappa shape index (κ1) is 15.0. The average Bonchev–Trinajstić information content (AvgIpc) is 2.85. The number of hydrogen-bond acceptors (Lipinski definition) is 3. The number of piperidine rings is 1. The van der Waals surface area contributed by atoms with Gasteiger partial charge in [0.2, 0.25) is 5.91 Å². The summed E-state index contributed by atoms with van der Waals surface area (Å²) in [6, 6.07) is 4.24. The Morgan fingerprint density at radius 2 is 2.00 bits per heavy atom. The smallest absolute Gasteiger partial charge is 0.239 e. The summed E-state index contributed by atoms with van der Waals surface area (Å²) < 4.78 is 1.13. The van der Waals surface area contributed by atoms with Crippen LogP contribution in [0, 0.1) is 0 Å². The molecular formula is C14H21BrN2OS. The number of carbonyl (C=O) groups excluding carboxylic acids is 1. The zero-order chi connectivity index (χ0) is 13.8. The molecule has 2 heterocycles. The third kappa shape index (κ3) is 4.04. The Kier molecular flexibility index (Phi) is 5.42. The molecule has 1 saturated heterocycles. The third-order valence-electron chi connectivity index (χ3n) is 3.56. The first-order valence-electron chi connectivity index (χ1n) is 6.88. The summed E-state index contributed by atoms with van der Waals surface area (Å²) in [7, 11) is 0. The number of nitrogens with one attached hydrogen (secondary N) is 1. The molecule has 1 aliphatic rings. The van der Waals surface area contributed by atoms with E-state index in [0.29, 0.717) is 0 Å². The number of rotatable bonds is 4. The highest BCUT2D eigenvalue weighted by Crippen LogP contribution is 2.27. The molecule has 5 heteroatoms. The zero-order valence-corrected chi connectivity index (χ0v) is 13.9. The summed E-state index contributed by atoms with van der Waals surface area (Å²) in [6.45, 7) is 5.92. The van der Waals surface area contributed by atoms with Gasteiger partial charge >= 0.3 is 0 Å². The van der Waals surface area contributed by atoms with Crippen LogP contribution in [-0.4, -0.2) is 29.9 Å². The van der Waals surface area contributed by atoms with E-state index in [-0.39, 0.29) is 18.0 Å². The van der Waals surface area contributed by atoms with E-state index in [1.807, 2.05) is 11.8 Å². The molecule has 1 aromatic rings. The molecule has 3 nitrogen and oxygen atoms in total. The topological polar surface area (TPSA) is 32.3 Å². The molecule has 19 heavy (non-hydrogen) atoms. The fourth-order valence-electron chi connectivity index (χ4n) is 2.48. The van der Waals surface area contributed by atoms with E-state index in [0.717, 1.165) is 29.7 Å². The van der Waals surface area contributed by atoms with Gasteiger partial charge in [-0.3, -0.25) is 10.1 Å². The zero-order valence-electron chi connectivity index (χ0n) is 11.5. The number of hydrogen-bond donors (Lipinski definition) is 1. The second-order valence-corrected chi connectivity index (χ2v) is 7.63. The average molecular weight is 345 g/mol. The Bertz CT molecular complexity index is 429. The number of carbonyl (C=O) groups is 1. The van der Waals surface area contributed by atoms with Gasteiger partial charge in [0.1, 0.15) is 0 Å². The Balaban J connectivity index is 1.89. The van der Waals surface area contributed by atoms with Crippen molar-refractivity contribution in [2.45, 2.75) is 45.2 Å². The lowest BCUT2D eigenvalue weighted by Gasteiger charge is -2.30. The van der Waals surface area contributed by atoms with Crippen molar-refractivity contribution in [2.24, 2.45) is 0 Å². The normalized spacial score (nSPS) is 19.2. The first-order valence-corrected chi connectivity index (χ1v) is 8.49. The Hall–Kier alpha value is -0.390. The van der Waals surface area contributed by atoms with Gasteiger partial charge in [-0.05, 0) is 61.2 Å². The maximum atomic E-state index is 12.3. The SMILES string of the molecule is CC(NC(C)c1ccc(Br)s1)C(=O)N1CCCCC1. The summed E-state index contributed by atoms with van der Waals surface area (Å²) in [5.74, 6) is 0.238. The van der Waals surface area contributed by atoms with E-state index >= 15 is 0 Å². The van der Waals surface area contributed by atoms with E-state index < -0.39 is 0 Å². The summed E-state index contributed by atoms with van der Waals surface area (Å²) in [5, 5.41) is 3.40. The van der Waals surface area contributed by atoms with Crippen molar-refractivity contribution in [3.05, 3.63) is 20.8 Å². The predicted octanol–water partition coefficient (Wildman–Crippen LogP) is 3.56. The minimum absolute atomic E-state index is 0.117. The van der Waals surface area contributed by atoms with Crippen molar-refractivity contribution in [2.75, 3.05) is 13.1 Å².